The summed E-state index contributed by atoms with van der Waals surface area (Å²) >= 11 is 0. The average molecular weight is 296 g/mol. The molecule has 2 atom stereocenters. The quantitative estimate of drug-likeness (QED) is 0.852. The maximum absolute atomic E-state index is 12.8. The van der Waals surface area contributed by atoms with Crippen LogP contribution in [0.1, 0.15) is 53.4 Å². The van der Waals surface area contributed by atoms with Gasteiger partial charge in [-0.3, -0.25) is 0 Å². The molecule has 0 radical (unpaired) electrons. The molecule has 0 aromatic carbocycles. The van der Waals surface area contributed by atoms with Crippen LogP contribution in [-0.4, -0.2) is 52.1 Å². The Kier molecular flexibility index (Phi) is 4.22. The van der Waals surface area contributed by atoms with Crippen LogP contribution in [0.4, 0.5) is 4.79 Å². The van der Waals surface area contributed by atoms with Gasteiger partial charge in [0.1, 0.15) is 5.54 Å². The van der Waals surface area contributed by atoms with Gasteiger partial charge < -0.3 is 14.9 Å². The Morgan fingerprint density at radius 1 is 1.29 bits per heavy atom. The summed E-state index contributed by atoms with van der Waals surface area (Å²) in [7, 11) is 0. The third-order valence-corrected chi connectivity index (χ3v) is 5.39. The molecule has 0 aliphatic carbocycles. The number of carboxylic acids is 1. The van der Waals surface area contributed by atoms with E-state index >= 15 is 0 Å². The lowest BCUT2D eigenvalue weighted by Crippen LogP contribution is -2.56. The fourth-order valence-electron chi connectivity index (χ4n) is 3.71. The molecule has 5 nitrogen and oxygen atoms in total. The molecular formula is C16H28N2O3. The normalized spacial score (nSPS) is 30.0. The molecule has 120 valence electrons. The van der Waals surface area contributed by atoms with E-state index in [1.165, 1.54) is 0 Å². The summed E-state index contributed by atoms with van der Waals surface area (Å²) in [6.07, 6.45) is 2.84. The molecule has 2 amide bonds. The van der Waals surface area contributed by atoms with Gasteiger partial charge in [0.25, 0.3) is 0 Å². The van der Waals surface area contributed by atoms with Gasteiger partial charge in [-0.15, -0.1) is 0 Å². The topological polar surface area (TPSA) is 60.9 Å². The third kappa shape index (κ3) is 2.74. The van der Waals surface area contributed by atoms with Crippen molar-refractivity contribution >= 4 is 12.0 Å². The van der Waals surface area contributed by atoms with Gasteiger partial charge in [-0.2, -0.15) is 0 Å². The average Bonchev–Trinajstić information content (AvgIpc) is 3.04. The monoisotopic (exact) mass is 296 g/mol. The molecule has 2 fully saturated rings. The third-order valence-electron chi connectivity index (χ3n) is 5.39. The molecule has 2 aliphatic rings. The van der Waals surface area contributed by atoms with Gasteiger partial charge in [-0.25, -0.2) is 9.59 Å². The summed E-state index contributed by atoms with van der Waals surface area (Å²) in [6, 6.07) is -0.0801. The fourth-order valence-corrected chi connectivity index (χ4v) is 3.71. The molecule has 1 N–H and O–H groups in total. The van der Waals surface area contributed by atoms with Gasteiger partial charge >= 0.3 is 12.0 Å². The van der Waals surface area contributed by atoms with E-state index in [1.807, 2.05) is 11.8 Å². The number of hydrogen-bond acceptors (Lipinski definition) is 2. The van der Waals surface area contributed by atoms with Crippen LogP contribution in [0.2, 0.25) is 0 Å². The fraction of sp³-hybridized carbons (Fsp3) is 0.875. The Hall–Kier alpha value is -1.26. The van der Waals surface area contributed by atoms with E-state index in [-0.39, 0.29) is 11.4 Å². The molecule has 2 unspecified atom stereocenters. The zero-order valence-corrected chi connectivity index (χ0v) is 13.7. The maximum Gasteiger partial charge on any atom is 0.329 e. The molecule has 0 aromatic heterocycles. The predicted octanol–water partition coefficient (Wildman–Crippen LogP) is 2.80. The van der Waals surface area contributed by atoms with Crippen molar-refractivity contribution in [1.29, 1.82) is 0 Å². The van der Waals surface area contributed by atoms with E-state index < -0.39 is 11.5 Å². The first kappa shape index (κ1) is 16.1. The van der Waals surface area contributed by atoms with Crippen LogP contribution in [0.15, 0.2) is 0 Å². The number of nitrogens with zero attached hydrogens (tertiary/aromatic N) is 2. The molecule has 0 bridgehead atoms. The second-order valence-electron chi connectivity index (χ2n) is 7.53. The Bertz CT molecular complexity index is 430. The Labute approximate surface area is 127 Å². The highest BCUT2D eigenvalue weighted by Crippen LogP contribution is 2.37. The summed E-state index contributed by atoms with van der Waals surface area (Å²) in [5, 5.41) is 9.59. The first-order chi connectivity index (χ1) is 9.72. The van der Waals surface area contributed by atoms with E-state index in [4.69, 9.17) is 0 Å². The van der Waals surface area contributed by atoms with E-state index in [9.17, 15) is 14.7 Å². The van der Waals surface area contributed by atoms with Crippen molar-refractivity contribution in [3.05, 3.63) is 0 Å². The molecule has 2 rings (SSSR count). The Morgan fingerprint density at radius 3 is 2.43 bits per heavy atom. The minimum atomic E-state index is -0.989. The van der Waals surface area contributed by atoms with Crippen molar-refractivity contribution in [3.63, 3.8) is 0 Å². The van der Waals surface area contributed by atoms with Crippen LogP contribution in [0, 0.1) is 11.3 Å². The molecule has 2 saturated heterocycles. The van der Waals surface area contributed by atoms with Crippen LogP contribution in [0.25, 0.3) is 0 Å². The summed E-state index contributed by atoms with van der Waals surface area (Å²) in [5.74, 6) is -0.368. The molecule has 21 heavy (non-hydrogen) atoms. The molecular weight excluding hydrogens is 268 g/mol. The van der Waals surface area contributed by atoms with Crippen molar-refractivity contribution in [2.75, 3.05) is 19.6 Å². The minimum absolute atomic E-state index is 0.0801. The summed E-state index contributed by atoms with van der Waals surface area (Å²) in [4.78, 5) is 28.0. The lowest BCUT2D eigenvalue weighted by atomic mass is 9.80. The maximum atomic E-state index is 12.8. The highest BCUT2D eigenvalue weighted by molar-refractivity contribution is 5.87. The first-order valence-electron chi connectivity index (χ1n) is 8.02. The molecule has 0 spiro atoms. The van der Waals surface area contributed by atoms with Gasteiger partial charge in [-0.05, 0) is 37.0 Å². The number of carboxylic acid groups (broad SMARTS) is 1. The van der Waals surface area contributed by atoms with Crippen molar-refractivity contribution in [1.82, 2.24) is 9.80 Å². The molecule has 5 heteroatoms. The van der Waals surface area contributed by atoms with Crippen molar-refractivity contribution in [3.8, 4) is 0 Å². The number of likely N-dealkylation sites (tertiary alicyclic amines) is 2. The summed E-state index contributed by atoms with van der Waals surface area (Å²) in [6.45, 7) is 10.5. The Morgan fingerprint density at radius 2 is 1.95 bits per heavy atom. The Balaban J connectivity index is 2.12. The van der Waals surface area contributed by atoms with Crippen LogP contribution in [0.3, 0.4) is 0 Å². The molecule has 2 aliphatic heterocycles. The van der Waals surface area contributed by atoms with Crippen molar-refractivity contribution in [2.45, 2.75) is 58.9 Å². The van der Waals surface area contributed by atoms with Gasteiger partial charge in [0, 0.05) is 19.6 Å². The summed E-state index contributed by atoms with van der Waals surface area (Å²) in [5.41, 5.74) is -0.800. The number of hydrogen-bond donors (Lipinski definition) is 1. The van der Waals surface area contributed by atoms with Crippen LogP contribution >= 0.6 is 0 Å². The highest BCUT2D eigenvalue weighted by atomic mass is 16.4. The smallest absolute Gasteiger partial charge is 0.329 e. The van der Waals surface area contributed by atoms with E-state index in [1.54, 1.807) is 4.90 Å². The van der Waals surface area contributed by atoms with Gasteiger partial charge in [0.05, 0.1) is 0 Å². The highest BCUT2D eigenvalue weighted by Gasteiger charge is 2.50. The lowest BCUT2D eigenvalue weighted by molar-refractivity contribution is -0.148. The van der Waals surface area contributed by atoms with Crippen LogP contribution < -0.4 is 0 Å². The number of aliphatic carboxylic acids is 1. The minimum Gasteiger partial charge on any atom is -0.479 e. The van der Waals surface area contributed by atoms with E-state index in [0.29, 0.717) is 25.3 Å². The lowest BCUT2D eigenvalue weighted by Gasteiger charge is -2.36. The number of rotatable bonds is 2. The van der Waals surface area contributed by atoms with Crippen molar-refractivity contribution in [2.24, 2.45) is 11.3 Å². The zero-order chi connectivity index (χ0) is 15.8. The number of carbonyl (C=O) groups excluding carboxylic acids is 1. The van der Waals surface area contributed by atoms with Crippen molar-refractivity contribution < 1.29 is 14.7 Å². The van der Waals surface area contributed by atoms with Gasteiger partial charge in [0.15, 0.2) is 0 Å². The number of carbonyl (C=O) groups is 2. The molecule has 0 aromatic rings. The first-order valence-corrected chi connectivity index (χ1v) is 8.02. The summed E-state index contributed by atoms with van der Waals surface area (Å²) < 4.78 is 0. The van der Waals surface area contributed by atoms with E-state index in [0.717, 1.165) is 25.9 Å². The SMILES string of the molecule is CCC1(C(=O)O)CCCN1C(=O)N1CCC(C(C)(C)C)C1. The standard InChI is InChI=1S/C16H28N2O3/c1-5-16(13(19)20)8-6-9-18(16)14(21)17-10-7-12(11-17)15(2,3)4/h12H,5-11H2,1-4H3,(H,19,20). The largest absolute Gasteiger partial charge is 0.479 e. The van der Waals surface area contributed by atoms with Crippen LogP contribution in [0.5, 0.6) is 0 Å². The second-order valence-corrected chi connectivity index (χ2v) is 7.53. The molecule has 0 saturated carbocycles. The number of urea groups is 1. The second kappa shape index (κ2) is 5.50. The molecule has 2 heterocycles. The van der Waals surface area contributed by atoms with Gasteiger partial charge in [0.2, 0.25) is 0 Å². The number of amides is 2. The predicted molar refractivity (Wildman–Crippen MR) is 81.1 cm³/mol. The van der Waals surface area contributed by atoms with Crippen LogP contribution in [-0.2, 0) is 4.79 Å². The zero-order valence-electron chi connectivity index (χ0n) is 13.7. The van der Waals surface area contributed by atoms with E-state index in [2.05, 4.69) is 20.8 Å². The van der Waals surface area contributed by atoms with Gasteiger partial charge in [-0.1, -0.05) is 27.7 Å².